The van der Waals surface area contributed by atoms with Crippen LogP contribution in [0.2, 0.25) is 0 Å². The van der Waals surface area contributed by atoms with Crippen molar-refractivity contribution >= 4 is 28.8 Å². The molecule has 2 atom stereocenters. The highest BCUT2D eigenvalue weighted by atomic mass is 16.6. The zero-order chi connectivity index (χ0) is 20.0. The van der Waals surface area contributed by atoms with Gasteiger partial charge in [0.15, 0.2) is 0 Å². The Bertz CT molecular complexity index is 978. The first-order valence-corrected chi connectivity index (χ1v) is 9.37. The molecule has 0 spiro atoms. The number of benzene rings is 1. The fraction of sp³-hybridized carbons (Fsp3) is 0.474. The lowest BCUT2D eigenvalue weighted by Gasteiger charge is -2.26. The van der Waals surface area contributed by atoms with E-state index in [2.05, 4.69) is 11.0 Å². The van der Waals surface area contributed by atoms with Gasteiger partial charge < -0.3 is 19.5 Å². The molecule has 0 saturated carbocycles. The number of hydrogen-bond acceptors (Lipinski definition) is 5. The maximum atomic E-state index is 11.4. The number of non-ortho nitro benzene ring substituents is 1. The van der Waals surface area contributed by atoms with Gasteiger partial charge in [0.25, 0.3) is 5.69 Å². The van der Waals surface area contributed by atoms with Crippen molar-refractivity contribution in [3.05, 3.63) is 40.0 Å². The molecular weight excluding hydrogens is 362 g/mol. The number of likely N-dealkylation sites (tertiary alicyclic amines) is 1. The van der Waals surface area contributed by atoms with Gasteiger partial charge >= 0.3 is 6.09 Å². The topological polar surface area (TPSA) is 105 Å². The zero-order valence-electron chi connectivity index (χ0n) is 15.9. The Hall–Kier alpha value is -3.10. The van der Waals surface area contributed by atoms with Crippen molar-refractivity contribution in [2.24, 2.45) is 5.92 Å². The SMILES string of the molecule is CC(C)=CCn1c(N2CCC3CN(C(=O)O)CC32)nc2ccc([N+](=O)[O-])cc21. The van der Waals surface area contributed by atoms with Gasteiger partial charge in [-0.05, 0) is 26.3 Å². The number of nitro groups is 1. The molecule has 148 valence electrons. The number of rotatable bonds is 4. The average molecular weight is 385 g/mol. The molecule has 2 unspecified atom stereocenters. The van der Waals surface area contributed by atoms with Crippen molar-refractivity contribution in [1.82, 2.24) is 14.5 Å². The standard InChI is InChI=1S/C19H23N5O4/c1-12(2)5-7-22-16-9-14(24(27)28)3-4-15(16)20-18(22)23-8-6-13-10-21(19(25)26)11-17(13)23/h3-5,9,13,17H,6-8,10-11H2,1-2H3,(H,25,26). The van der Waals surface area contributed by atoms with Crippen molar-refractivity contribution in [2.75, 3.05) is 24.5 Å². The number of allylic oxidation sites excluding steroid dienone is 2. The van der Waals surface area contributed by atoms with Gasteiger partial charge in [-0.25, -0.2) is 9.78 Å². The third-order valence-electron chi connectivity index (χ3n) is 5.68. The van der Waals surface area contributed by atoms with E-state index in [1.165, 1.54) is 11.0 Å². The Morgan fingerprint density at radius 3 is 2.86 bits per heavy atom. The molecule has 2 aliphatic rings. The van der Waals surface area contributed by atoms with E-state index in [4.69, 9.17) is 4.98 Å². The lowest BCUT2D eigenvalue weighted by atomic mass is 10.1. The lowest BCUT2D eigenvalue weighted by molar-refractivity contribution is -0.384. The van der Waals surface area contributed by atoms with Crippen LogP contribution in [0.5, 0.6) is 0 Å². The second-order valence-electron chi connectivity index (χ2n) is 7.73. The van der Waals surface area contributed by atoms with Crippen molar-refractivity contribution in [1.29, 1.82) is 0 Å². The van der Waals surface area contributed by atoms with Crippen LogP contribution >= 0.6 is 0 Å². The van der Waals surface area contributed by atoms with E-state index in [-0.39, 0.29) is 11.7 Å². The third-order valence-corrected chi connectivity index (χ3v) is 5.68. The Balaban J connectivity index is 1.77. The fourth-order valence-electron chi connectivity index (χ4n) is 4.25. The first-order valence-electron chi connectivity index (χ1n) is 9.37. The van der Waals surface area contributed by atoms with Crippen LogP contribution in [0.4, 0.5) is 16.4 Å². The molecule has 1 N–H and O–H groups in total. The van der Waals surface area contributed by atoms with Crippen LogP contribution in [0.3, 0.4) is 0 Å². The zero-order valence-corrected chi connectivity index (χ0v) is 15.9. The summed E-state index contributed by atoms with van der Waals surface area (Å²) < 4.78 is 2.00. The number of nitro benzene ring substituents is 1. The highest BCUT2D eigenvalue weighted by Crippen LogP contribution is 2.36. The number of aromatic nitrogens is 2. The van der Waals surface area contributed by atoms with Gasteiger partial charge in [0.2, 0.25) is 5.95 Å². The number of amides is 1. The number of carboxylic acid groups (broad SMARTS) is 1. The average Bonchev–Trinajstić information content (AvgIpc) is 3.31. The smallest absolute Gasteiger partial charge is 0.407 e. The summed E-state index contributed by atoms with van der Waals surface area (Å²) in [5, 5.41) is 20.6. The minimum atomic E-state index is -0.886. The van der Waals surface area contributed by atoms with Gasteiger partial charge in [0.1, 0.15) is 0 Å². The molecule has 1 aromatic carbocycles. The number of imidazole rings is 1. The summed E-state index contributed by atoms with van der Waals surface area (Å²) in [5.74, 6) is 1.05. The maximum Gasteiger partial charge on any atom is 0.407 e. The van der Waals surface area contributed by atoms with Gasteiger partial charge in [-0.3, -0.25) is 10.1 Å². The van der Waals surface area contributed by atoms with Gasteiger partial charge in [-0.1, -0.05) is 11.6 Å². The third kappa shape index (κ3) is 3.06. The molecule has 2 aromatic rings. The van der Waals surface area contributed by atoms with Crippen LogP contribution in [-0.2, 0) is 6.54 Å². The molecule has 2 fully saturated rings. The van der Waals surface area contributed by atoms with Crippen LogP contribution in [-0.4, -0.2) is 56.3 Å². The van der Waals surface area contributed by atoms with E-state index in [9.17, 15) is 20.0 Å². The molecule has 3 heterocycles. The summed E-state index contributed by atoms with van der Waals surface area (Å²) in [7, 11) is 0. The quantitative estimate of drug-likeness (QED) is 0.493. The maximum absolute atomic E-state index is 11.4. The molecule has 1 amide bonds. The van der Waals surface area contributed by atoms with E-state index >= 15 is 0 Å². The molecule has 2 saturated heterocycles. The van der Waals surface area contributed by atoms with Crippen molar-refractivity contribution in [2.45, 2.75) is 32.9 Å². The fourth-order valence-corrected chi connectivity index (χ4v) is 4.25. The van der Waals surface area contributed by atoms with Crippen LogP contribution < -0.4 is 4.90 Å². The summed E-state index contributed by atoms with van der Waals surface area (Å²) in [4.78, 5) is 30.6. The minimum absolute atomic E-state index is 0.0367. The molecule has 9 nitrogen and oxygen atoms in total. The largest absolute Gasteiger partial charge is 0.465 e. The number of hydrogen-bond donors (Lipinski definition) is 1. The molecular formula is C19H23N5O4. The minimum Gasteiger partial charge on any atom is -0.465 e. The molecule has 28 heavy (non-hydrogen) atoms. The van der Waals surface area contributed by atoms with Crippen molar-refractivity contribution < 1.29 is 14.8 Å². The van der Waals surface area contributed by atoms with Gasteiger partial charge in [-0.15, -0.1) is 0 Å². The Kier molecular flexibility index (Phi) is 4.44. The van der Waals surface area contributed by atoms with Crippen LogP contribution in [0, 0.1) is 16.0 Å². The van der Waals surface area contributed by atoms with Crippen LogP contribution in [0.1, 0.15) is 20.3 Å². The monoisotopic (exact) mass is 385 g/mol. The molecule has 1 aromatic heterocycles. The first kappa shape index (κ1) is 18.3. The molecule has 4 rings (SSSR count). The highest BCUT2D eigenvalue weighted by molar-refractivity contribution is 5.81. The van der Waals surface area contributed by atoms with E-state index in [1.807, 2.05) is 18.4 Å². The number of anilines is 1. The predicted octanol–water partition coefficient (Wildman–Crippen LogP) is 3.10. The summed E-state index contributed by atoms with van der Waals surface area (Å²) in [6.07, 6.45) is 2.10. The highest BCUT2D eigenvalue weighted by Gasteiger charge is 2.44. The summed E-state index contributed by atoms with van der Waals surface area (Å²) in [5.41, 5.74) is 2.61. The van der Waals surface area contributed by atoms with E-state index in [1.54, 1.807) is 12.1 Å². The number of carbonyl (C=O) groups is 1. The summed E-state index contributed by atoms with van der Waals surface area (Å²) in [6, 6.07) is 4.81. The summed E-state index contributed by atoms with van der Waals surface area (Å²) in [6.45, 7) is 6.40. The van der Waals surface area contributed by atoms with Gasteiger partial charge in [-0.2, -0.15) is 0 Å². The Morgan fingerprint density at radius 1 is 1.39 bits per heavy atom. The molecule has 2 aliphatic heterocycles. The molecule has 0 aliphatic carbocycles. The Labute approximate surface area is 162 Å². The van der Waals surface area contributed by atoms with Crippen LogP contribution in [0.25, 0.3) is 11.0 Å². The molecule has 9 heteroatoms. The Morgan fingerprint density at radius 2 is 2.18 bits per heavy atom. The second-order valence-corrected chi connectivity index (χ2v) is 7.73. The van der Waals surface area contributed by atoms with Crippen LogP contribution in [0.15, 0.2) is 29.8 Å². The van der Waals surface area contributed by atoms with Crippen molar-refractivity contribution in [3.63, 3.8) is 0 Å². The molecule has 0 bridgehead atoms. The van der Waals surface area contributed by atoms with Gasteiger partial charge in [0, 0.05) is 44.2 Å². The van der Waals surface area contributed by atoms with Gasteiger partial charge in [0.05, 0.1) is 22.0 Å². The predicted molar refractivity (Wildman–Crippen MR) is 105 cm³/mol. The van der Waals surface area contributed by atoms with Crippen molar-refractivity contribution in [3.8, 4) is 0 Å². The number of nitrogens with zero attached hydrogens (tertiary/aromatic N) is 5. The molecule has 0 radical (unpaired) electrons. The van der Waals surface area contributed by atoms with E-state index < -0.39 is 11.0 Å². The lowest BCUT2D eigenvalue weighted by Crippen LogP contribution is -2.38. The number of fused-ring (bicyclic) bond motifs is 2. The van der Waals surface area contributed by atoms with E-state index in [0.29, 0.717) is 31.1 Å². The summed E-state index contributed by atoms with van der Waals surface area (Å²) >= 11 is 0. The second kappa shape index (κ2) is 6.81. The normalized spacial score (nSPS) is 21.2. The first-order chi connectivity index (χ1) is 13.3. The van der Waals surface area contributed by atoms with E-state index in [0.717, 1.165) is 30.0 Å².